The minimum atomic E-state index is -4.96. The lowest BCUT2D eigenvalue weighted by Gasteiger charge is -2.21. The molecule has 576 valence electrons. The molecule has 3 unspecified atom stereocenters. The average molecular weight is 1420 g/mol. The number of aliphatic hydroxyl groups is 1. The number of hydrogen-bond donors (Lipinski definition) is 3. The van der Waals surface area contributed by atoms with Crippen LogP contribution >= 0.6 is 15.6 Å². The van der Waals surface area contributed by atoms with Crippen LogP contribution in [0.15, 0.2) is 0 Å². The lowest BCUT2D eigenvalue weighted by atomic mass is 9.99. The molecule has 0 aliphatic carbocycles. The first-order valence-electron chi connectivity index (χ1n) is 40.5. The Morgan fingerprint density at radius 1 is 0.299 bits per heavy atom. The molecule has 17 nitrogen and oxygen atoms in total. The Balaban J connectivity index is 5.28. The van der Waals surface area contributed by atoms with Crippen LogP contribution in [0.25, 0.3) is 0 Å². The summed E-state index contributed by atoms with van der Waals surface area (Å²) in [4.78, 5) is 73.0. The third-order valence-corrected chi connectivity index (χ3v) is 20.5. The van der Waals surface area contributed by atoms with E-state index in [0.717, 1.165) is 102 Å². The molecule has 6 atom stereocenters. The van der Waals surface area contributed by atoms with Crippen molar-refractivity contribution in [3.05, 3.63) is 0 Å². The van der Waals surface area contributed by atoms with Crippen molar-refractivity contribution in [2.24, 2.45) is 11.8 Å². The Morgan fingerprint density at radius 2 is 0.526 bits per heavy atom. The zero-order chi connectivity index (χ0) is 71.4. The van der Waals surface area contributed by atoms with Crippen molar-refractivity contribution in [3.63, 3.8) is 0 Å². The van der Waals surface area contributed by atoms with E-state index in [1.165, 1.54) is 225 Å². The van der Waals surface area contributed by atoms with Crippen molar-refractivity contribution in [3.8, 4) is 0 Å². The second kappa shape index (κ2) is 69.8. The van der Waals surface area contributed by atoms with E-state index in [2.05, 4.69) is 41.5 Å². The molecule has 0 aliphatic heterocycles. The molecule has 0 aromatic rings. The standard InChI is InChI=1S/C78H152O17P2/c1-7-10-12-14-16-18-20-22-24-26-28-36-42-48-54-60-75(80)88-66-73(94-77(82)62-56-50-44-38-29-27-25-23-21-19-17-15-13-11-8-2)68-92-96(84,85)90-64-72(79)65-91-97(86,87)93-69-74(67-89-76(81)61-55-49-43-37-32-30-34-40-46-52-58-70(4)5)95-78(83)63-57-51-45-39-33-31-35-41-47-53-59-71(6)9-3/h70-74,79H,7-69H2,1-6H3,(H,84,85)(H,86,87)/t71?,72-,73-,74-/m1/s1. The van der Waals surface area contributed by atoms with Gasteiger partial charge >= 0.3 is 39.5 Å². The van der Waals surface area contributed by atoms with E-state index < -0.39 is 97.5 Å². The van der Waals surface area contributed by atoms with Crippen molar-refractivity contribution < 1.29 is 80.2 Å². The minimum absolute atomic E-state index is 0.106. The van der Waals surface area contributed by atoms with Gasteiger partial charge in [-0.2, -0.15) is 0 Å². The number of rotatable bonds is 77. The summed E-state index contributed by atoms with van der Waals surface area (Å²) in [5.74, 6) is -0.549. The molecule has 0 saturated heterocycles. The molecule has 0 heterocycles. The number of carbonyl (C=O) groups excluding carboxylic acids is 4. The van der Waals surface area contributed by atoms with Gasteiger partial charge in [-0.1, -0.05) is 356 Å². The molecule has 0 aromatic heterocycles. The number of phosphoric acid groups is 2. The molecule has 0 saturated carbocycles. The molecule has 0 amide bonds. The van der Waals surface area contributed by atoms with Crippen molar-refractivity contribution in [1.29, 1.82) is 0 Å². The smallest absolute Gasteiger partial charge is 0.462 e. The second-order valence-corrected chi connectivity index (χ2v) is 31.7. The van der Waals surface area contributed by atoms with E-state index in [9.17, 15) is 43.2 Å². The Morgan fingerprint density at radius 3 is 0.784 bits per heavy atom. The van der Waals surface area contributed by atoms with Gasteiger partial charge in [0.25, 0.3) is 0 Å². The second-order valence-electron chi connectivity index (χ2n) is 28.8. The summed E-state index contributed by atoms with van der Waals surface area (Å²) < 4.78 is 68.7. The van der Waals surface area contributed by atoms with Gasteiger partial charge in [-0.25, -0.2) is 9.13 Å². The molecule has 0 rings (SSSR count). The first-order valence-corrected chi connectivity index (χ1v) is 43.5. The van der Waals surface area contributed by atoms with Gasteiger partial charge in [0.2, 0.25) is 0 Å². The van der Waals surface area contributed by atoms with Crippen LogP contribution < -0.4 is 0 Å². The molecular weight excluding hydrogens is 1270 g/mol. The predicted octanol–water partition coefficient (Wildman–Crippen LogP) is 23.1. The fraction of sp³-hybridized carbons (Fsp3) is 0.949. The number of ether oxygens (including phenoxy) is 4. The summed E-state index contributed by atoms with van der Waals surface area (Å²) in [5.41, 5.74) is 0. The van der Waals surface area contributed by atoms with Crippen molar-refractivity contribution in [2.75, 3.05) is 39.6 Å². The van der Waals surface area contributed by atoms with Crippen LogP contribution in [0, 0.1) is 11.8 Å². The van der Waals surface area contributed by atoms with Crippen molar-refractivity contribution in [2.45, 2.75) is 426 Å². The quantitative estimate of drug-likeness (QED) is 0.0222. The molecular formula is C78H152O17P2. The van der Waals surface area contributed by atoms with E-state index in [-0.39, 0.29) is 25.7 Å². The summed E-state index contributed by atoms with van der Waals surface area (Å²) >= 11 is 0. The lowest BCUT2D eigenvalue weighted by molar-refractivity contribution is -0.161. The molecule has 97 heavy (non-hydrogen) atoms. The van der Waals surface area contributed by atoms with E-state index in [1.807, 2.05) is 0 Å². The number of aliphatic hydroxyl groups excluding tert-OH is 1. The summed E-state index contributed by atoms with van der Waals surface area (Å²) in [6.45, 7) is 9.64. The first-order chi connectivity index (χ1) is 46.9. The van der Waals surface area contributed by atoms with Gasteiger partial charge in [0, 0.05) is 25.7 Å². The number of phosphoric ester groups is 2. The maximum absolute atomic E-state index is 13.1. The third-order valence-electron chi connectivity index (χ3n) is 18.6. The van der Waals surface area contributed by atoms with E-state index in [4.69, 9.17) is 37.0 Å². The van der Waals surface area contributed by atoms with Crippen LogP contribution in [0.3, 0.4) is 0 Å². The first kappa shape index (κ1) is 95.1. The molecule has 3 N–H and O–H groups in total. The normalized spacial score (nSPS) is 14.2. The highest BCUT2D eigenvalue weighted by atomic mass is 31.2. The highest BCUT2D eigenvalue weighted by molar-refractivity contribution is 7.47. The zero-order valence-corrected chi connectivity index (χ0v) is 65.2. The minimum Gasteiger partial charge on any atom is -0.462 e. The van der Waals surface area contributed by atoms with Crippen LogP contribution in [-0.2, 0) is 65.4 Å². The third kappa shape index (κ3) is 70.9. The zero-order valence-electron chi connectivity index (χ0n) is 63.4. The molecule has 0 aromatic carbocycles. The van der Waals surface area contributed by atoms with Crippen LogP contribution in [-0.4, -0.2) is 96.7 Å². The summed E-state index contributed by atoms with van der Waals surface area (Å²) in [6, 6.07) is 0. The van der Waals surface area contributed by atoms with Gasteiger partial charge in [0.15, 0.2) is 12.2 Å². The largest absolute Gasteiger partial charge is 0.472 e. The molecule has 0 spiro atoms. The summed E-state index contributed by atoms with van der Waals surface area (Å²) in [6.07, 6.45) is 58.0. The SMILES string of the molecule is CCCCCCCCCCCCCCCCCC(=O)OC[C@H](COP(=O)(O)OC[C@@H](O)COP(=O)(O)OC[C@@H](COC(=O)CCCCCCCCCCCCC(C)C)OC(=O)CCCCCCCCCCCCC(C)CC)OC(=O)CCCCCCCCCCCCCCCCC. The number of unbranched alkanes of at least 4 members (excludes halogenated alkanes) is 46. The van der Waals surface area contributed by atoms with Gasteiger partial charge in [0.1, 0.15) is 19.3 Å². The highest BCUT2D eigenvalue weighted by Crippen LogP contribution is 2.45. The molecule has 0 aliphatic rings. The van der Waals surface area contributed by atoms with E-state index >= 15 is 0 Å². The fourth-order valence-corrected chi connectivity index (χ4v) is 13.6. The van der Waals surface area contributed by atoms with Gasteiger partial charge in [0.05, 0.1) is 26.4 Å². The Labute approximate surface area is 594 Å². The summed E-state index contributed by atoms with van der Waals surface area (Å²) in [7, 11) is -9.92. The summed E-state index contributed by atoms with van der Waals surface area (Å²) in [5, 5.41) is 10.6. The van der Waals surface area contributed by atoms with E-state index in [0.29, 0.717) is 25.7 Å². The molecule has 0 radical (unpaired) electrons. The van der Waals surface area contributed by atoms with Crippen LogP contribution in [0.4, 0.5) is 0 Å². The van der Waals surface area contributed by atoms with Crippen molar-refractivity contribution >= 4 is 39.5 Å². The Kier molecular flexibility index (Phi) is 68.4. The van der Waals surface area contributed by atoms with Gasteiger partial charge in [-0.05, 0) is 37.5 Å². The molecule has 0 fully saturated rings. The average Bonchev–Trinajstić information content (AvgIpc) is 1.28. The number of esters is 4. The lowest BCUT2D eigenvalue weighted by Crippen LogP contribution is -2.30. The predicted molar refractivity (Wildman–Crippen MR) is 395 cm³/mol. The topological polar surface area (TPSA) is 237 Å². The Bertz CT molecular complexity index is 1870. The monoisotopic (exact) mass is 1420 g/mol. The van der Waals surface area contributed by atoms with Gasteiger partial charge < -0.3 is 33.8 Å². The van der Waals surface area contributed by atoms with Crippen molar-refractivity contribution in [1.82, 2.24) is 0 Å². The molecule has 0 bridgehead atoms. The van der Waals surface area contributed by atoms with E-state index in [1.54, 1.807) is 0 Å². The van der Waals surface area contributed by atoms with Gasteiger partial charge in [-0.15, -0.1) is 0 Å². The van der Waals surface area contributed by atoms with Crippen LogP contribution in [0.5, 0.6) is 0 Å². The molecule has 19 heteroatoms. The highest BCUT2D eigenvalue weighted by Gasteiger charge is 2.30. The van der Waals surface area contributed by atoms with Crippen LogP contribution in [0.1, 0.15) is 408 Å². The Hall–Kier alpha value is -1.94. The van der Waals surface area contributed by atoms with Crippen LogP contribution in [0.2, 0.25) is 0 Å². The maximum Gasteiger partial charge on any atom is 0.472 e. The number of hydrogen-bond acceptors (Lipinski definition) is 15. The van der Waals surface area contributed by atoms with Gasteiger partial charge in [-0.3, -0.25) is 37.3 Å². The number of carbonyl (C=O) groups is 4. The maximum atomic E-state index is 13.1. The fourth-order valence-electron chi connectivity index (χ4n) is 12.0.